The van der Waals surface area contributed by atoms with Crippen molar-refractivity contribution in [2.75, 3.05) is 20.3 Å². The minimum absolute atomic E-state index is 0.396. The highest BCUT2D eigenvalue weighted by molar-refractivity contribution is 8.00. The van der Waals surface area contributed by atoms with Crippen molar-refractivity contribution in [1.29, 1.82) is 0 Å². The van der Waals surface area contributed by atoms with Gasteiger partial charge in [-0.3, -0.25) is 19.7 Å². The van der Waals surface area contributed by atoms with Gasteiger partial charge in [-0.05, 0) is 26.0 Å². The molecule has 0 fully saturated rings. The molecule has 9 nitrogen and oxygen atoms in total. The third-order valence-corrected chi connectivity index (χ3v) is 4.48. The van der Waals surface area contributed by atoms with Gasteiger partial charge in [0, 0.05) is 31.6 Å². The first kappa shape index (κ1) is 19.9. The summed E-state index contributed by atoms with van der Waals surface area (Å²) in [7, 11) is 1.62. The summed E-state index contributed by atoms with van der Waals surface area (Å²) < 4.78 is 7.05. The second kappa shape index (κ2) is 9.88. The molecule has 140 valence electrons. The molecular formula is C16H22N6O3S. The lowest BCUT2D eigenvalue weighted by Crippen LogP contribution is -2.42. The van der Waals surface area contributed by atoms with Crippen LogP contribution in [-0.4, -0.2) is 57.2 Å². The Balaban J connectivity index is 2.16. The van der Waals surface area contributed by atoms with Crippen LogP contribution in [0.1, 0.15) is 13.8 Å². The van der Waals surface area contributed by atoms with Crippen LogP contribution in [0.25, 0.3) is 11.4 Å². The van der Waals surface area contributed by atoms with E-state index < -0.39 is 17.2 Å². The van der Waals surface area contributed by atoms with Crippen LogP contribution in [0.15, 0.2) is 29.7 Å². The molecule has 10 heteroatoms. The van der Waals surface area contributed by atoms with E-state index in [1.54, 1.807) is 33.4 Å². The fourth-order valence-electron chi connectivity index (χ4n) is 2.10. The van der Waals surface area contributed by atoms with Crippen molar-refractivity contribution in [3.63, 3.8) is 0 Å². The molecular weight excluding hydrogens is 356 g/mol. The number of hydrogen-bond donors (Lipinski definition) is 2. The van der Waals surface area contributed by atoms with E-state index in [1.807, 2.05) is 16.7 Å². The first-order valence-electron chi connectivity index (χ1n) is 8.14. The summed E-state index contributed by atoms with van der Waals surface area (Å²) in [6.45, 7) is 4.94. The van der Waals surface area contributed by atoms with Crippen molar-refractivity contribution in [2.45, 2.75) is 30.8 Å². The van der Waals surface area contributed by atoms with E-state index in [9.17, 15) is 9.59 Å². The van der Waals surface area contributed by atoms with Gasteiger partial charge in [0.1, 0.15) is 0 Å². The fourth-order valence-corrected chi connectivity index (χ4v) is 2.98. The quantitative estimate of drug-likeness (QED) is 0.666. The van der Waals surface area contributed by atoms with E-state index in [-0.39, 0.29) is 0 Å². The Morgan fingerprint density at radius 1 is 1.31 bits per heavy atom. The number of rotatable bonds is 8. The zero-order valence-electron chi connectivity index (χ0n) is 14.9. The molecule has 0 spiro atoms. The number of nitrogens with one attached hydrogen (secondary N) is 2. The van der Waals surface area contributed by atoms with Gasteiger partial charge in [0.2, 0.25) is 5.91 Å². The zero-order chi connectivity index (χ0) is 18.9. The normalized spacial score (nSPS) is 11.8. The Labute approximate surface area is 155 Å². The number of aromatic nitrogens is 4. The maximum atomic E-state index is 12.2. The Morgan fingerprint density at radius 3 is 2.69 bits per heavy atom. The van der Waals surface area contributed by atoms with Crippen LogP contribution >= 0.6 is 11.8 Å². The Kier molecular flexibility index (Phi) is 7.54. The van der Waals surface area contributed by atoms with Crippen LogP contribution in [0.5, 0.6) is 0 Å². The monoisotopic (exact) mass is 378 g/mol. The Bertz CT molecular complexity index is 737. The van der Waals surface area contributed by atoms with Crippen LogP contribution in [0, 0.1) is 0 Å². The number of carbonyl (C=O) groups excluding carboxylic acids is 2. The molecule has 0 aromatic carbocycles. The van der Waals surface area contributed by atoms with E-state index in [4.69, 9.17) is 4.74 Å². The van der Waals surface area contributed by atoms with E-state index in [2.05, 4.69) is 25.8 Å². The topological polar surface area (TPSA) is 111 Å². The van der Waals surface area contributed by atoms with Crippen molar-refractivity contribution in [3.05, 3.63) is 24.5 Å². The number of hydrogen-bond acceptors (Lipinski definition) is 7. The van der Waals surface area contributed by atoms with Gasteiger partial charge in [0.15, 0.2) is 11.0 Å². The van der Waals surface area contributed by atoms with Crippen molar-refractivity contribution in [1.82, 2.24) is 30.4 Å². The molecule has 0 aliphatic carbocycles. The minimum atomic E-state index is -0.520. The highest BCUT2D eigenvalue weighted by atomic mass is 32.2. The molecule has 2 N–H and O–H groups in total. The zero-order valence-corrected chi connectivity index (χ0v) is 15.7. The molecule has 26 heavy (non-hydrogen) atoms. The van der Waals surface area contributed by atoms with Crippen molar-refractivity contribution in [2.24, 2.45) is 0 Å². The lowest BCUT2D eigenvalue weighted by atomic mass is 10.2. The molecule has 0 aliphatic heterocycles. The van der Waals surface area contributed by atoms with Crippen molar-refractivity contribution >= 4 is 23.7 Å². The predicted molar refractivity (Wildman–Crippen MR) is 97.7 cm³/mol. The lowest BCUT2D eigenvalue weighted by Gasteiger charge is -2.13. The Morgan fingerprint density at radius 2 is 2.04 bits per heavy atom. The summed E-state index contributed by atoms with van der Waals surface area (Å²) >= 11 is 1.23. The molecule has 1 atom stereocenters. The maximum Gasteiger partial charge on any atom is 0.321 e. The summed E-state index contributed by atoms with van der Waals surface area (Å²) in [4.78, 5) is 27.7. The number of methoxy groups -OCH3 is 1. The number of amides is 3. The third kappa shape index (κ3) is 5.27. The van der Waals surface area contributed by atoms with Gasteiger partial charge in [-0.25, -0.2) is 4.79 Å². The van der Waals surface area contributed by atoms with E-state index in [0.717, 1.165) is 5.56 Å². The summed E-state index contributed by atoms with van der Waals surface area (Å²) in [6, 6.07) is 3.17. The molecule has 0 aliphatic rings. The van der Waals surface area contributed by atoms with Crippen LogP contribution in [0.3, 0.4) is 0 Å². The molecule has 0 saturated carbocycles. The number of thioether (sulfide) groups is 1. The molecule has 2 rings (SSSR count). The van der Waals surface area contributed by atoms with Gasteiger partial charge >= 0.3 is 6.03 Å². The van der Waals surface area contributed by atoms with Crippen molar-refractivity contribution < 1.29 is 14.3 Å². The number of carbonyl (C=O) groups is 2. The second-order valence-electron chi connectivity index (χ2n) is 5.30. The third-order valence-electron chi connectivity index (χ3n) is 3.40. The maximum absolute atomic E-state index is 12.2. The van der Waals surface area contributed by atoms with Gasteiger partial charge in [-0.2, -0.15) is 0 Å². The van der Waals surface area contributed by atoms with Gasteiger partial charge in [0.05, 0.1) is 18.4 Å². The SMILES string of the molecule is CCNC(=O)NC(=O)C(C)Sc1nnc(-c2ccncc2)n1CCOC. The standard InChI is InChI=1S/C16H22N6O3S/c1-4-18-15(24)19-14(23)11(2)26-16-21-20-13(22(16)9-10-25-3)12-5-7-17-8-6-12/h5-8,11H,4,9-10H2,1-3H3,(H2,18,19,23,24). The molecule has 0 radical (unpaired) electrons. The number of urea groups is 1. The van der Waals surface area contributed by atoms with Crippen LogP contribution in [-0.2, 0) is 16.1 Å². The highest BCUT2D eigenvalue weighted by Crippen LogP contribution is 2.26. The average molecular weight is 378 g/mol. The van der Waals surface area contributed by atoms with E-state index >= 15 is 0 Å². The predicted octanol–water partition coefficient (Wildman–Crippen LogP) is 1.31. The lowest BCUT2D eigenvalue weighted by molar-refractivity contribution is -0.119. The molecule has 2 aromatic rings. The summed E-state index contributed by atoms with van der Waals surface area (Å²) in [5, 5.41) is 13.3. The van der Waals surface area contributed by atoms with Crippen LogP contribution in [0.4, 0.5) is 4.79 Å². The first-order chi connectivity index (χ1) is 12.6. The van der Waals surface area contributed by atoms with E-state index in [0.29, 0.717) is 30.7 Å². The molecule has 2 heterocycles. The fraction of sp³-hybridized carbons (Fsp3) is 0.438. The molecule has 1 unspecified atom stereocenters. The molecule has 0 bridgehead atoms. The first-order valence-corrected chi connectivity index (χ1v) is 9.02. The van der Waals surface area contributed by atoms with Gasteiger partial charge in [-0.15, -0.1) is 10.2 Å². The average Bonchev–Trinajstić information content (AvgIpc) is 3.03. The number of ether oxygens (including phenoxy) is 1. The van der Waals surface area contributed by atoms with Crippen LogP contribution < -0.4 is 10.6 Å². The minimum Gasteiger partial charge on any atom is -0.383 e. The summed E-state index contributed by atoms with van der Waals surface area (Å²) in [5.74, 6) is 0.274. The van der Waals surface area contributed by atoms with Crippen molar-refractivity contribution in [3.8, 4) is 11.4 Å². The Hall–Kier alpha value is -2.46. The number of pyridine rings is 1. The highest BCUT2D eigenvalue weighted by Gasteiger charge is 2.22. The summed E-state index contributed by atoms with van der Waals surface area (Å²) in [6.07, 6.45) is 3.36. The van der Waals surface area contributed by atoms with Gasteiger partial charge in [0.25, 0.3) is 0 Å². The molecule has 3 amide bonds. The van der Waals surface area contributed by atoms with Gasteiger partial charge < -0.3 is 10.1 Å². The van der Waals surface area contributed by atoms with E-state index in [1.165, 1.54) is 11.8 Å². The smallest absolute Gasteiger partial charge is 0.321 e. The second-order valence-corrected chi connectivity index (χ2v) is 6.60. The molecule has 2 aromatic heterocycles. The van der Waals surface area contributed by atoms with Gasteiger partial charge in [-0.1, -0.05) is 11.8 Å². The largest absolute Gasteiger partial charge is 0.383 e. The molecule has 0 saturated heterocycles. The number of imide groups is 1. The number of nitrogens with zero attached hydrogens (tertiary/aromatic N) is 4. The van der Waals surface area contributed by atoms with Crippen LogP contribution in [0.2, 0.25) is 0 Å². The summed E-state index contributed by atoms with van der Waals surface area (Å²) in [5.41, 5.74) is 0.870.